The van der Waals surface area contributed by atoms with Gasteiger partial charge in [0.2, 0.25) is 0 Å². The van der Waals surface area contributed by atoms with Gasteiger partial charge in [0.05, 0.1) is 18.7 Å². The number of ether oxygens (including phenoxy) is 1. The van der Waals surface area contributed by atoms with Crippen molar-refractivity contribution >= 4 is 16.5 Å². The van der Waals surface area contributed by atoms with Gasteiger partial charge in [-0.1, -0.05) is 0 Å². The highest BCUT2D eigenvalue weighted by molar-refractivity contribution is 7.13. The summed E-state index contributed by atoms with van der Waals surface area (Å²) in [4.78, 5) is 5.81. The van der Waals surface area contributed by atoms with Gasteiger partial charge in [0, 0.05) is 39.2 Å². The lowest BCUT2D eigenvalue weighted by atomic mass is 10.4. The first-order valence-electron chi connectivity index (χ1n) is 5.84. The molecule has 0 atom stereocenters. The van der Waals surface area contributed by atoms with Crippen molar-refractivity contribution in [1.29, 1.82) is 0 Å². The molecule has 1 aromatic rings. The Labute approximate surface area is 114 Å². The maximum Gasteiger partial charge on any atom is 0.390 e. The van der Waals surface area contributed by atoms with Crippen LogP contribution in [0, 0.1) is 0 Å². The Bertz CT molecular complexity index is 370. The van der Waals surface area contributed by atoms with Crippen molar-refractivity contribution in [3.05, 3.63) is 11.1 Å². The summed E-state index contributed by atoms with van der Waals surface area (Å²) >= 11 is 1.35. The Morgan fingerprint density at radius 3 is 2.84 bits per heavy atom. The SMILES string of the molecule is COCCNCc1csc(N(C)CCC(F)(F)F)n1. The summed E-state index contributed by atoms with van der Waals surface area (Å²) < 4.78 is 41.2. The number of aromatic nitrogens is 1. The van der Waals surface area contributed by atoms with Crippen molar-refractivity contribution in [3.8, 4) is 0 Å². The van der Waals surface area contributed by atoms with E-state index in [4.69, 9.17) is 4.74 Å². The molecular weight excluding hydrogens is 279 g/mol. The van der Waals surface area contributed by atoms with Gasteiger partial charge in [-0.25, -0.2) is 4.98 Å². The van der Waals surface area contributed by atoms with Crippen LogP contribution in [0.15, 0.2) is 5.38 Å². The highest BCUT2D eigenvalue weighted by atomic mass is 32.1. The van der Waals surface area contributed by atoms with E-state index in [1.807, 2.05) is 5.38 Å². The number of halogens is 3. The molecule has 0 aliphatic heterocycles. The molecule has 0 aliphatic carbocycles. The van der Waals surface area contributed by atoms with E-state index >= 15 is 0 Å². The molecule has 1 rings (SSSR count). The lowest BCUT2D eigenvalue weighted by Gasteiger charge is -2.16. The minimum absolute atomic E-state index is 0.0758. The van der Waals surface area contributed by atoms with Crippen LogP contribution < -0.4 is 10.2 Å². The van der Waals surface area contributed by atoms with Crippen LogP contribution in [0.3, 0.4) is 0 Å². The monoisotopic (exact) mass is 297 g/mol. The molecule has 19 heavy (non-hydrogen) atoms. The van der Waals surface area contributed by atoms with Crippen LogP contribution in [0.1, 0.15) is 12.1 Å². The van der Waals surface area contributed by atoms with Gasteiger partial charge in [0.1, 0.15) is 0 Å². The van der Waals surface area contributed by atoms with Crippen molar-refractivity contribution in [2.45, 2.75) is 19.1 Å². The van der Waals surface area contributed by atoms with Crippen LogP contribution >= 0.6 is 11.3 Å². The van der Waals surface area contributed by atoms with Gasteiger partial charge in [0.15, 0.2) is 5.13 Å². The predicted molar refractivity (Wildman–Crippen MR) is 69.6 cm³/mol. The number of rotatable bonds is 8. The zero-order valence-corrected chi connectivity index (χ0v) is 11.8. The first-order valence-corrected chi connectivity index (χ1v) is 6.72. The fourth-order valence-corrected chi connectivity index (χ4v) is 2.15. The third-order valence-corrected chi connectivity index (χ3v) is 3.39. The lowest BCUT2D eigenvalue weighted by molar-refractivity contribution is -0.132. The molecule has 0 unspecified atom stereocenters. The summed E-state index contributed by atoms with van der Waals surface area (Å²) in [7, 11) is 3.24. The van der Waals surface area contributed by atoms with Crippen LogP contribution in [0.25, 0.3) is 0 Å². The summed E-state index contributed by atoms with van der Waals surface area (Å²) in [5, 5.41) is 5.58. The summed E-state index contributed by atoms with van der Waals surface area (Å²) in [5.74, 6) is 0. The normalized spacial score (nSPS) is 11.8. The third kappa shape index (κ3) is 6.74. The second kappa shape index (κ2) is 7.66. The van der Waals surface area contributed by atoms with E-state index in [0.717, 1.165) is 5.69 Å². The molecule has 8 heteroatoms. The van der Waals surface area contributed by atoms with Gasteiger partial charge in [-0.2, -0.15) is 13.2 Å². The zero-order chi connectivity index (χ0) is 14.3. The highest BCUT2D eigenvalue weighted by Gasteiger charge is 2.27. The second-order valence-corrected chi connectivity index (χ2v) is 4.91. The van der Waals surface area contributed by atoms with Gasteiger partial charge >= 0.3 is 6.18 Å². The van der Waals surface area contributed by atoms with E-state index in [9.17, 15) is 13.2 Å². The predicted octanol–water partition coefficient (Wildman–Crippen LogP) is 2.27. The number of hydrogen-bond donors (Lipinski definition) is 1. The topological polar surface area (TPSA) is 37.4 Å². The number of nitrogens with zero attached hydrogens (tertiary/aromatic N) is 2. The van der Waals surface area contributed by atoms with Gasteiger partial charge < -0.3 is 15.0 Å². The van der Waals surface area contributed by atoms with Crippen molar-refractivity contribution in [3.63, 3.8) is 0 Å². The van der Waals surface area contributed by atoms with E-state index in [2.05, 4.69) is 10.3 Å². The van der Waals surface area contributed by atoms with E-state index in [1.165, 1.54) is 16.2 Å². The Balaban J connectivity index is 2.36. The van der Waals surface area contributed by atoms with Gasteiger partial charge in [-0.15, -0.1) is 11.3 Å². The van der Waals surface area contributed by atoms with Crippen LogP contribution in [-0.4, -0.2) is 45.0 Å². The molecule has 0 aliphatic rings. The lowest BCUT2D eigenvalue weighted by Crippen LogP contribution is -2.24. The molecular formula is C11H18F3N3OS. The minimum atomic E-state index is -4.13. The second-order valence-electron chi connectivity index (χ2n) is 4.08. The number of alkyl halides is 3. The largest absolute Gasteiger partial charge is 0.390 e. The average Bonchev–Trinajstić information content (AvgIpc) is 2.79. The number of hydrogen-bond acceptors (Lipinski definition) is 5. The molecule has 0 saturated carbocycles. The fraction of sp³-hybridized carbons (Fsp3) is 0.727. The van der Waals surface area contributed by atoms with Crippen molar-refractivity contribution in [2.75, 3.05) is 38.8 Å². The summed E-state index contributed by atoms with van der Waals surface area (Å²) in [6.07, 6.45) is -4.96. The Morgan fingerprint density at radius 2 is 2.21 bits per heavy atom. The Morgan fingerprint density at radius 1 is 1.47 bits per heavy atom. The van der Waals surface area contributed by atoms with E-state index in [-0.39, 0.29) is 6.54 Å². The molecule has 0 saturated heterocycles. The maximum absolute atomic E-state index is 12.1. The van der Waals surface area contributed by atoms with E-state index in [0.29, 0.717) is 24.8 Å². The van der Waals surface area contributed by atoms with E-state index in [1.54, 1.807) is 14.2 Å². The van der Waals surface area contributed by atoms with Crippen molar-refractivity contribution < 1.29 is 17.9 Å². The third-order valence-electron chi connectivity index (χ3n) is 2.39. The highest BCUT2D eigenvalue weighted by Crippen LogP contribution is 2.23. The summed E-state index contributed by atoms with van der Waals surface area (Å²) in [6, 6.07) is 0. The van der Waals surface area contributed by atoms with Crippen molar-refractivity contribution in [2.24, 2.45) is 0 Å². The fourth-order valence-electron chi connectivity index (χ4n) is 1.33. The molecule has 4 nitrogen and oxygen atoms in total. The average molecular weight is 297 g/mol. The Kier molecular flexibility index (Phi) is 6.53. The molecule has 1 N–H and O–H groups in total. The summed E-state index contributed by atoms with van der Waals surface area (Å²) in [6.45, 7) is 1.84. The molecule has 0 fully saturated rings. The molecule has 0 radical (unpaired) electrons. The molecule has 0 spiro atoms. The molecule has 1 aromatic heterocycles. The van der Waals surface area contributed by atoms with Crippen LogP contribution in [0.5, 0.6) is 0 Å². The zero-order valence-electron chi connectivity index (χ0n) is 11.0. The smallest absolute Gasteiger partial charge is 0.383 e. The number of methoxy groups -OCH3 is 1. The number of thiazole rings is 1. The van der Waals surface area contributed by atoms with Crippen molar-refractivity contribution in [1.82, 2.24) is 10.3 Å². The first-order chi connectivity index (χ1) is 8.92. The van der Waals surface area contributed by atoms with E-state index < -0.39 is 12.6 Å². The maximum atomic E-state index is 12.1. The molecule has 0 amide bonds. The molecule has 1 heterocycles. The summed E-state index contributed by atoms with van der Waals surface area (Å²) in [5.41, 5.74) is 0.829. The number of nitrogens with one attached hydrogen (secondary N) is 1. The minimum Gasteiger partial charge on any atom is -0.383 e. The van der Waals surface area contributed by atoms with Crippen LogP contribution in [0.2, 0.25) is 0 Å². The molecule has 0 aromatic carbocycles. The standard InChI is InChI=1S/C11H18F3N3OS/c1-17(5-3-11(12,13)14)10-16-9(8-19-10)7-15-4-6-18-2/h8,15H,3-7H2,1-2H3. The Hall–Kier alpha value is -0.860. The van der Waals surface area contributed by atoms with Gasteiger partial charge in [-0.3, -0.25) is 0 Å². The first kappa shape index (κ1) is 16.2. The van der Waals surface area contributed by atoms with Gasteiger partial charge in [0.25, 0.3) is 0 Å². The quantitative estimate of drug-likeness (QED) is 0.747. The van der Waals surface area contributed by atoms with Gasteiger partial charge in [-0.05, 0) is 0 Å². The number of anilines is 1. The molecule has 110 valence electrons. The molecule has 0 bridgehead atoms. The van der Waals surface area contributed by atoms with Crippen LogP contribution in [-0.2, 0) is 11.3 Å². The van der Waals surface area contributed by atoms with Crippen LogP contribution in [0.4, 0.5) is 18.3 Å².